The molecule has 5 rings (SSSR count). The van der Waals surface area contributed by atoms with Gasteiger partial charge in [-0.3, -0.25) is 4.79 Å². The van der Waals surface area contributed by atoms with Gasteiger partial charge in [-0.15, -0.1) is 0 Å². The molecule has 37 heavy (non-hydrogen) atoms. The maximum Gasteiger partial charge on any atom is 0.302 e. The number of ether oxygens (including phenoxy) is 1. The second kappa shape index (κ2) is 8.83. The molecule has 5 fully saturated rings. The fraction of sp³-hybridized carbons (Fsp3) is 0.875. The number of fused-ring (bicyclic) bond motifs is 7. The molecule has 0 bridgehead atoms. The summed E-state index contributed by atoms with van der Waals surface area (Å²) < 4.78 is 5.78. The van der Waals surface area contributed by atoms with Crippen LogP contribution in [0.1, 0.15) is 106 Å². The minimum absolute atomic E-state index is 0.0526. The lowest BCUT2D eigenvalue weighted by Gasteiger charge is -2.72. The Labute approximate surface area is 224 Å². The summed E-state index contributed by atoms with van der Waals surface area (Å²) >= 11 is 0. The molecule has 5 aliphatic carbocycles. The summed E-state index contributed by atoms with van der Waals surface area (Å²) in [6, 6.07) is 0. The highest BCUT2D eigenvalue weighted by Crippen LogP contribution is 2.77. The zero-order chi connectivity index (χ0) is 27.0. The highest BCUT2D eigenvalue weighted by atomic mass is 16.5. The molecule has 2 N–H and O–H groups in total. The first-order valence-electron chi connectivity index (χ1n) is 14.9. The van der Waals surface area contributed by atoms with E-state index in [-0.39, 0.29) is 34.2 Å². The zero-order valence-electron chi connectivity index (χ0n) is 24.2. The molecule has 0 saturated heterocycles. The highest BCUT2D eigenvalue weighted by molar-refractivity contribution is 5.91. The molecule has 5 heteroatoms. The molecule has 1 unspecified atom stereocenters. The highest BCUT2D eigenvalue weighted by Gasteiger charge is 2.71. The first-order chi connectivity index (χ1) is 17.3. The number of esters is 1. The predicted molar refractivity (Wildman–Crippen MR) is 146 cm³/mol. The quantitative estimate of drug-likeness (QED) is 0.183. The van der Waals surface area contributed by atoms with Gasteiger partial charge in [0, 0.05) is 17.8 Å². The Bertz CT molecular complexity index is 991. The van der Waals surface area contributed by atoms with Crippen molar-refractivity contribution in [3.05, 3.63) is 12.2 Å². The molecule has 0 spiro atoms. The Hall–Kier alpha value is -1.36. The smallest absolute Gasteiger partial charge is 0.302 e. The number of aliphatic hydroxyl groups excluding tert-OH is 1. The summed E-state index contributed by atoms with van der Waals surface area (Å²) in [5.74, 6) is 2.44. The Morgan fingerprint density at radius 2 is 1.70 bits per heavy atom. The van der Waals surface area contributed by atoms with Gasteiger partial charge in [0.2, 0.25) is 0 Å². The van der Waals surface area contributed by atoms with Crippen molar-refractivity contribution in [3.63, 3.8) is 0 Å². The number of oxime groups is 1. The SMILES string of the molecule is C=C(C)[C@@H]1CC[C@]2(COC(C)=O)CC[C@]3(C)[C@H](CC[C@@H]4[C@@]5(C)CC/C(=N/O)C(C)(CO)[C@@H]5CC[C@]43C)[C@@H]12. The fourth-order valence-corrected chi connectivity index (χ4v) is 11.8. The van der Waals surface area contributed by atoms with Gasteiger partial charge in [0.1, 0.15) is 0 Å². The first-order valence-corrected chi connectivity index (χ1v) is 14.9. The summed E-state index contributed by atoms with van der Waals surface area (Å²) in [6.45, 7) is 18.7. The van der Waals surface area contributed by atoms with Crippen LogP contribution in [0.25, 0.3) is 0 Å². The molecule has 0 amide bonds. The Balaban J connectivity index is 1.53. The van der Waals surface area contributed by atoms with Crippen LogP contribution in [0.4, 0.5) is 0 Å². The van der Waals surface area contributed by atoms with Gasteiger partial charge < -0.3 is 15.1 Å². The maximum atomic E-state index is 11.9. The number of hydrogen-bond donors (Lipinski definition) is 2. The minimum Gasteiger partial charge on any atom is -0.465 e. The van der Waals surface area contributed by atoms with Crippen LogP contribution in [0.3, 0.4) is 0 Å². The van der Waals surface area contributed by atoms with E-state index in [9.17, 15) is 15.1 Å². The summed E-state index contributed by atoms with van der Waals surface area (Å²) in [5.41, 5.74) is 2.34. The molecule has 5 aliphatic rings. The van der Waals surface area contributed by atoms with Crippen molar-refractivity contribution in [2.24, 2.45) is 61.8 Å². The molecular weight excluding hydrogens is 462 g/mol. The van der Waals surface area contributed by atoms with Crippen LogP contribution in [-0.2, 0) is 9.53 Å². The predicted octanol–water partition coefficient (Wildman–Crippen LogP) is 7.01. The monoisotopic (exact) mass is 513 g/mol. The molecule has 0 aromatic heterocycles. The molecule has 10 atom stereocenters. The van der Waals surface area contributed by atoms with Gasteiger partial charge in [-0.2, -0.15) is 0 Å². The lowest BCUT2D eigenvalue weighted by molar-refractivity contribution is -0.234. The lowest BCUT2D eigenvalue weighted by atomic mass is 9.32. The Morgan fingerprint density at radius 3 is 2.32 bits per heavy atom. The molecule has 5 nitrogen and oxygen atoms in total. The van der Waals surface area contributed by atoms with Gasteiger partial charge in [-0.1, -0.05) is 45.0 Å². The van der Waals surface area contributed by atoms with E-state index >= 15 is 0 Å². The normalized spacial score (nSPS) is 52.0. The van der Waals surface area contributed by atoms with Crippen molar-refractivity contribution >= 4 is 11.7 Å². The second-order valence-electron chi connectivity index (χ2n) is 15.0. The van der Waals surface area contributed by atoms with E-state index in [2.05, 4.69) is 46.4 Å². The van der Waals surface area contributed by atoms with Crippen LogP contribution >= 0.6 is 0 Å². The lowest BCUT2D eigenvalue weighted by Crippen LogP contribution is -2.67. The van der Waals surface area contributed by atoms with E-state index < -0.39 is 5.41 Å². The van der Waals surface area contributed by atoms with Crippen molar-refractivity contribution in [1.82, 2.24) is 0 Å². The van der Waals surface area contributed by atoms with E-state index in [0.717, 1.165) is 37.8 Å². The van der Waals surface area contributed by atoms with Crippen molar-refractivity contribution < 1.29 is 19.8 Å². The first kappa shape index (κ1) is 27.2. The average molecular weight is 514 g/mol. The van der Waals surface area contributed by atoms with E-state index in [0.29, 0.717) is 36.2 Å². The van der Waals surface area contributed by atoms with Crippen LogP contribution in [0.5, 0.6) is 0 Å². The molecule has 0 aromatic carbocycles. The number of allylic oxidation sites excluding steroid dienone is 1. The number of carbonyl (C=O) groups is 1. The average Bonchev–Trinajstić information content (AvgIpc) is 3.23. The third-order valence-electron chi connectivity index (χ3n) is 13.8. The number of nitrogens with zero attached hydrogens (tertiary/aromatic N) is 1. The standard InChI is InChI=1S/C32H51NO4/c1-20(2)22-10-15-32(19-37-21(3)35)17-16-30(6)23(27(22)32)8-9-25-28(4)13-12-26(33-36)29(5,18-34)24(28)11-14-31(25,30)7/h22-25,27,34,36H,1,8-19H2,2-7H3/b33-26-/t22-,23+,24+,25+,27+,28-,29?,30+,31+,32+/m0/s1. The van der Waals surface area contributed by atoms with Gasteiger partial charge >= 0.3 is 5.97 Å². The van der Waals surface area contributed by atoms with Gasteiger partial charge in [0.05, 0.1) is 18.9 Å². The molecule has 0 aromatic rings. The number of rotatable bonds is 4. The number of carbonyl (C=O) groups excluding carboxylic acids is 1. The topological polar surface area (TPSA) is 79.1 Å². The van der Waals surface area contributed by atoms with E-state index in [1.807, 2.05) is 0 Å². The number of aliphatic hydroxyl groups is 1. The molecule has 0 radical (unpaired) electrons. The molecular formula is C32H51NO4. The van der Waals surface area contributed by atoms with Crippen LogP contribution in [0, 0.1) is 56.7 Å². The summed E-state index contributed by atoms with van der Waals surface area (Å²) in [7, 11) is 0. The third kappa shape index (κ3) is 3.50. The van der Waals surface area contributed by atoms with E-state index in [1.54, 1.807) is 6.92 Å². The van der Waals surface area contributed by atoms with Gasteiger partial charge in [-0.25, -0.2) is 0 Å². The summed E-state index contributed by atoms with van der Waals surface area (Å²) in [6.07, 6.45) is 11.2. The van der Waals surface area contributed by atoms with Crippen LogP contribution < -0.4 is 0 Å². The van der Waals surface area contributed by atoms with Crippen LogP contribution in [0.2, 0.25) is 0 Å². The molecule has 0 aliphatic heterocycles. The molecule has 208 valence electrons. The molecule has 5 saturated carbocycles. The largest absolute Gasteiger partial charge is 0.465 e. The van der Waals surface area contributed by atoms with Crippen LogP contribution in [-0.4, -0.2) is 35.2 Å². The Morgan fingerprint density at radius 1 is 0.973 bits per heavy atom. The van der Waals surface area contributed by atoms with Crippen LogP contribution in [0.15, 0.2) is 17.3 Å². The van der Waals surface area contributed by atoms with Gasteiger partial charge in [-0.05, 0) is 117 Å². The van der Waals surface area contributed by atoms with Crippen molar-refractivity contribution in [3.8, 4) is 0 Å². The maximum absolute atomic E-state index is 11.9. The summed E-state index contributed by atoms with van der Waals surface area (Å²) in [4.78, 5) is 11.9. The van der Waals surface area contributed by atoms with Crippen molar-refractivity contribution in [1.29, 1.82) is 0 Å². The number of hydrogen-bond acceptors (Lipinski definition) is 5. The fourth-order valence-electron chi connectivity index (χ4n) is 11.8. The second-order valence-corrected chi connectivity index (χ2v) is 15.0. The van der Waals surface area contributed by atoms with E-state index in [4.69, 9.17) is 4.74 Å². The van der Waals surface area contributed by atoms with E-state index in [1.165, 1.54) is 37.7 Å². The summed E-state index contributed by atoms with van der Waals surface area (Å²) in [5, 5.41) is 24.1. The van der Waals surface area contributed by atoms with Gasteiger partial charge in [0.15, 0.2) is 0 Å². The zero-order valence-corrected chi connectivity index (χ0v) is 24.2. The molecule has 0 heterocycles. The third-order valence-corrected chi connectivity index (χ3v) is 13.8. The minimum atomic E-state index is -0.441. The van der Waals surface area contributed by atoms with Crippen molar-refractivity contribution in [2.75, 3.05) is 13.2 Å². The van der Waals surface area contributed by atoms with Gasteiger partial charge in [0.25, 0.3) is 0 Å². The Kier molecular flexibility index (Phi) is 6.49. The van der Waals surface area contributed by atoms with Crippen molar-refractivity contribution in [2.45, 2.75) is 106 Å².